The van der Waals surface area contributed by atoms with Gasteiger partial charge < -0.3 is 9.73 Å². The summed E-state index contributed by atoms with van der Waals surface area (Å²) in [5.41, 5.74) is 0. The molecule has 2 rings (SSSR count). The van der Waals surface area contributed by atoms with Crippen LogP contribution in [0.5, 0.6) is 0 Å². The number of hydrogen-bond donors (Lipinski definition) is 2. The Morgan fingerprint density at radius 1 is 1.41 bits per heavy atom. The van der Waals surface area contributed by atoms with E-state index in [4.69, 9.17) is 4.42 Å². The van der Waals surface area contributed by atoms with Crippen LogP contribution in [0.25, 0.3) is 0 Å². The summed E-state index contributed by atoms with van der Waals surface area (Å²) >= 11 is 0. The van der Waals surface area contributed by atoms with Crippen molar-refractivity contribution in [3.63, 3.8) is 0 Å². The smallest absolute Gasteiger partial charge is 0.274 e. The summed E-state index contributed by atoms with van der Waals surface area (Å²) in [7, 11) is -3.51. The molecule has 1 aliphatic rings. The van der Waals surface area contributed by atoms with Crippen LogP contribution in [-0.2, 0) is 16.6 Å². The molecule has 0 spiro atoms. The zero-order chi connectivity index (χ0) is 12.5. The predicted octanol–water partition coefficient (Wildman–Crippen LogP) is 1.22. The number of furan rings is 1. The van der Waals surface area contributed by atoms with Gasteiger partial charge in [-0.25, -0.2) is 13.1 Å². The van der Waals surface area contributed by atoms with E-state index < -0.39 is 10.0 Å². The Balaban J connectivity index is 2.00. The summed E-state index contributed by atoms with van der Waals surface area (Å²) in [5.74, 6) is 0.654. The minimum absolute atomic E-state index is 0.0150. The lowest BCUT2D eigenvalue weighted by atomic mass is 10.4. The van der Waals surface area contributed by atoms with Gasteiger partial charge in [0.2, 0.25) is 5.09 Å². The number of rotatable bonds is 6. The van der Waals surface area contributed by atoms with E-state index in [9.17, 15) is 8.42 Å². The first kappa shape index (κ1) is 12.6. The average molecular weight is 258 g/mol. The van der Waals surface area contributed by atoms with Crippen LogP contribution in [0, 0.1) is 0 Å². The van der Waals surface area contributed by atoms with E-state index >= 15 is 0 Å². The topological polar surface area (TPSA) is 71.3 Å². The van der Waals surface area contributed by atoms with Crippen LogP contribution in [0.4, 0.5) is 0 Å². The van der Waals surface area contributed by atoms with E-state index in [1.807, 2.05) is 0 Å². The molecule has 17 heavy (non-hydrogen) atoms. The second-order valence-corrected chi connectivity index (χ2v) is 6.30. The van der Waals surface area contributed by atoms with Gasteiger partial charge in [-0.15, -0.1) is 0 Å². The predicted molar refractivity (Wildman–Crippen MR) is 64.0 cm³/mol. The van der Waals surface area contributed by atoms with Gasteiger partial charge in [-0.05, 0) is 38.8 Å². The molecular formula is C11H18N2O3S. The standard InChI is InChI=1S/C11H18N2O3S/c1-8(2)13-17(14,15)11-6-5-10(16-11)7-12-9-3-4-9/h5-6,8-9,12-13H,3-4,7H2,1-2H3. The maximum Gasteiger partial charge on any atom is 0.274 e. The Kier molecular flexibility index (Phi) is 3.56. The van der Waals surface area contributed by atoms with Gasteiger partial charge in [-0.3, -0.25) is 0 Å². The largest absolute Gasteiger partial charge is 0.447 e. The molecule has 1 saturated carbocycles. The first-order chi connectivity index (χ1) is 7.97. The molecular weight excluding hydrogens is 240 g/mol. The first-order valence-electron chi connectivity index (χ1n) is 5.82. The maximum absolute atomic E-state index is 11.8. The van der Waals surface area contributed by atoms with Gasteiger partial charge in [0.1, 0.15) is 5.76 Å². The maximum atomic E-state index is 11.8. The van der Waals surface area contributed by atoms with Crippen LogP contribution < -0.4 is 10.0 Å². The fraction of sp³-hybridized carbons (Fsp3) is 0.636. The molecule has 0 unspecified atom stereocenters. The second-order valence-electron chi connectivity index (χ2n) is 4.65. The normalized spacial score (nSPS) is 16.6. The molecule has 1 fully saturated rings. The van der Waals surface area contributed by atoms with Gasteiger partial charge in [0, 0.05) is 12.1 Å². The van der Waals surface area contributed by atoms with Crippen molar-refractivity contribution in [3.8, 4) is 0 Å². The van der Waals surface area contributed by atoms with Crippen LogP contribution in [-0.4, -0.2) is 20.5 Å². The quantitative estimate of drug-likeness (QED) is 0.804. The molecule has 0 amide bonds. The summed E-state index contributed by atoms with van der Waals surface area (Å²) in [4.78, 5) is 0. The van der Waals surface area contributed by atoms with Crippen molar-refractivity contribution in [3.05, 3.63) is 17.9 Å². The zero-order valence-corrected chi connectivity index (χ0v) is 10.9. The van der Waals surface area contributed by atoms with Gasteiger partial charge >= 0.3 is 0 Å². The van der Waals surface area contributed by atoms with Crippen LogP contribution in [0.3, 0.4) is 0 Å². The van der Waals surface area contributed by atoms with Crippen molar-refractivity contribution in [1.82, 2.24) is 10.0 Å². The van der Waals surface area contributed by atoms with Crippen molar-refractivity contribution >= 4 is 10.0 Å². The number of sulfonamides is 1. The Morgan fingerprint density at radius 2 is 2.12 bits per heavy atom. The Labute approximate surface area is 102 Å². The first-order valence-corrected chi connectivity index (χ1v) is 7.30. The lowest BCUT2D eigenvalue weighted by Gasteiger charge is -2.06. The van der Waals surface area contributed by atoms with E-state index in [-0.39, 0.29) is 11.1 Å². The Hall–Kier alpha value is -0.850. The molecule has 0 aliphatic heterocycles. The summed E-state index contributed by atoms with van der Waals surface area (Å²) in [6.07, 6.45) is 2.39. The van der Waals surface area contributed by atoms with Gasteiger partial charge in [0.25, 0.3) is 10.0 Å². The van der Waals surface area contributed by atoms with Crippen LogP contribution in [0.1, 0.15) is 32.4 Å². The lowest BCUT2D eigenvalue weighted by molar-refractivity contribution is 0.398. The van der Waals surface area contributed by atoms with E-state index in [0.29, 0.717) is 18.3 Å². The molecule has 1 heterocycles. The van der Waals surface area contributed by atoms with E-state index in [0.717, 1.165) is 0 Å². The summed E-state index contributed by atoms with van der Waals surface area (Å²) in [5, 5.41) is 3.25. The van der Waals surface area contributed by atoms with Crippen LogP contribution >= 0.6 is 0 Å². The molecule has 1 aromatic heterocycles. The average Bonchev–Trinajstić information content (AvgIpc) is 2.90. The summed E-state index contributed by atoms with van der Waals surface area (Å²) in [6.45, 7) is 4.13. The molecule has 2 N–H and O–H groups in total. The molecule has 96 valence electrons. The van der Waals surface area contributed by atoms with E-state index in [1.54, 1.807) is 19.9 Å². The van der Waals surface area contributed by atoms with Crippen molar-refractivity contribution in [2.24, 2.45) is 0 Å². The summed E-state index contributed by atoms with van der Waals surface area (Å²) in [6, 6.07) is 3.63. The Bertz CT molecular complexity index is 475. The van der Waals surface area contributed by atoms with Crippen molar-refractivity contribution in [1.29, 1.82) is 0 Å². The molecule has 0 saturated heterocycles. The zero-order valence-electron chi connectivity index (χ0n) is 10.1. The minimum atomic E-state index is -3.51. The highest BCUT2D eigenvalue weighted by atomic mass is 32.2. The third kappa shape index (κ3) is 3.55. The second kappa shape index (κ2) is 4.80. The Morgan fingerprint density at radius 3 is 2.71 bits per heavy atom. The van der Waals surface area contributed by atoms with Crippen molar-refractivity contribution < 1.29 is 12.8 Å². The van der Waals surface area contributed by atoms with Gasteiger partial charge in [0.05, 0.1) is 6.54 Å². The monoisotopic (exact) mass is 258 g/mol. The fourth-order valence-electron chi connectivity index (χ4n) is 1.50. The third-order valence-electron chi connectivity index (χ3n) is 2.44. The van der Waals surface area contributed by atoms with Gasteiger partial charge in [-0.1, -0.05) is 0 Å². The highest BCUT2D eigenvalue weighted by Crippen LogP contribution is 2.20. The lowest BCUT2D eigenvalue weighted by Crippen LogP contribution is -2.29. The SMILES string of the molecule is CC(C)NS(=O)(=O)c1ccc(CNC2CC2)o1. The van der Waals surface area contributed by atoms with Crippen molar-refractivity contribution in [2.75, 3.05) is 0 Å². The van der Waals surface area contributed by atoms with Crippen molar-refractivity contribution in [2.45, 2.75) is 50.4 Å². The third-order valence-corrected chi connectivity index (χ3v) is 3.97. The van der Waals surface area contributed by atoms with Gasteiger partial charge in [-0.2, -0.15) is 0 Å². The molecule has 0 aromatic carbocycles. The molecule has 1 aliphatic carbocycles. The van der Waals surface area contributed by atoms with E-state index in [1.165, 1.54) is 18.9 Å². The van der Waals surface area contributed by atoms with Crippen LogP contribution in [0.2, 0.25) is 0 Å². The molecule has 0 bridgehead atoms. The molecule has 0 atom stereocenters. The molecule has 0 radical (unpaired) electrons. The highest BCUT2D eigenvalue weighted by Gasteiger charge is 2.22. The van der Waals surface area contributed by atoms with Gasteiger partial charge in [0.15, 0.2) is 0 Å². The fourth-order valence-corrected chi connectivity index (χ4v) is 2.70. The number of hydrogen-bond acceptors (Lipinski definition) is 4. The summed E-state index contributed by atoms with van der Waals surface area (Å²) < 4.78 is 31.4. The molecule has 6 heteroatoms. The van der Waals surface area contributed by atoms with Crippen LogP contribution in [0.15, 0.2) is 21.6 Å². The molecule has 1 aromatic rings. The number of nitrogens with one attached hydrogen (secondary N) is 2. The van der Waals surface area contributed by atoms with E-state index in [2.05, 4.69) is 10.0 Å². The minimum Gasteiger partial charge on any atom is -0.447 e. The highest BCUT2D eigenvalue weighted by molar-refractivity contribution is 7.89. The molecule has 5 nitrogen and oxygen atoms in total.